The summed E-state index contributed by atoms with van der Waals surface area (Å²) in [5, 5.41) is 3.12. The lowest BCUT2D eigenvalue weighted by Crippen LogP contribution is -2.46. The summed E-state index contributed by atoms with van der Waals surface area (Å²) in [7, 11) is 0. The molecule has 29 heavy (non-hydrogen) atoms. The van der Waals surface area contributed by atoms with Gasteiger partial charge in [-0.25, -0.2) is 0 Å². The van der Waals surface area contributed by atoms with Crippen LogP contribution in [-0.2, 0) is 6.54 Å². The van der Waals surface area contributed by atoms with Gasteiger partial charge in [0.1, 0.15) is 6.26 Å². The van der Waals surface area contributed by atoms with Crippen molar-refractivity contribution in [3.63, 3.8) is 0 Å². The molecule has 0 spiro atoms. The molecule has 1 aromatic heterocycles. The van der Waals surface area contributed by atoms with Crippen LogP contribution in [0.1, 0.15) is 58.4 Å². The van der Waals surface area contributed by atoms with Gasteiger partial charge in [-0.2, -0.15) is 0 Å². The molecule has 1 aromatic carbocycles. The van der Waals surface area contributed by atoms with Crippen LogP contribution < -0.4 is 5.32 Å². The molecule has 0 saturated carbocycles. The van der Waals surface area contributed by atoms with E-state index in [1.165, 1.54) is 50.4 Å². The first kappa shape index (κ1) is 19.7. The first-order chi connectivity index (χ1) is 14.2. The van der Waals surface area contributed by atoms with Crippen LogP contribution in [0.4, 0.5) is 0 Å². The first-order valence-corrected chi connectivity index (χ1v) is 10.6. The van der Waals surface area contributed by atoms with Crippen molar-refractivity contribution in [2.75, 3.05) is 26.2 Å². The molecule has 2 amide bonds. The van der Waals surface area contributed by atoms with Crippen molar-refractivity contribution in [3.8, 4) is 0 Å². The van der Waals surface area contributed by atoms with Crippen molar-refractivity contribution in [1.82, 2.24) is 15.1 Å². The third-order valence-electron chi connectivity index (χ3n) is 5.96. The van der Waals surface area contributed by atoms with E-state index in [-0.39, 0.29) is 17.9 Å². The number of carbonyl (C=O) groups is 2. The van der Waals surface area contributed by atoms with Crippen LogP contribution in [0, 0.1) is 0 Å². The highest BCUT2D eigenvalue weighted by Crippen LogP contribution is 2.16. The fraction of sp³-hybridized carbons (Fsp3) is 0.478. The summed E-state index contributed by atoms with van der Waals surface area (Å²) >= 11 is 0. The number of furan rings is 1. The average Bonchev–Trinajstić information content (AvgIpc) is 3.30. The highest BCUT2D eigenvalue weighted by Gasteiger charge is 2.25. The molecule has 0 aliphatic carbocycles. The summed E-state index contributed by atoms with van der Waals surface area (Å²) in [5.41, 5.74) is 2.54. The summed E-state index contributed by atoms with van der Waals surface area (Å²) in [5.74, 6) is -0.0399. The molecule has 0 bridgehead atoms. The quantitative estimate of drug-likeness (QED) is 0.844. The largest absolute Gasteiger partial charge is 0.472 e. The molecule has 1 N–H and O–H groups in total. The van der Waals surface area contributed by atoms with Gasteiger partial charge in [0.15, 0.2) is 0 Å². The molecule has 3 heterocycles. The summed E-state index contributed by atoms with van der Waals surface area (Å²) in [6.07, 6.45) is 8.43. The molecule has 2 fully saturated rings. The summed E-state index contributed by atoms with van der Waals surface area (Å²) in [4.78, 5) is 29.3. The van der Waals surface area contributed by atoms with Crippen molar-refractivity contribution in [1.29, 1.82) is 0 Å². The number of likely N-dealkylation sites (tertiary alicyclic amines) is 2. The van der Waals surface area contributed by atoms with E-state index in [9.17, 15) is 9.59 Å². The third kappa shape index (κ3) is 5.07. The molecule has 0 atom stereocenters. The number of amides is 2. The van der Waals surface area contributed by atoms with Gasteiger partial charge in [0.25, 0.3) is 11.8 Å². The molecule has 2 aliphatic rings. The van der Waals surface area contributed by atoms with Crippen LogP contribution in [0.2, 0.25) is 0 Å². The number of benzene rings is 1. The van der Waals surface area contributed by atoms with Gasteiger partial charge in [-0.15, -0.1) is 0 Å². The molecule has 2 aromatic rings. The Hall–Kier alpha value is -2.60. The number of rotatable bonds is 5. The highest BCUT2D eigenvalue weighted by atomic mass is 16.3. The number of nitrogens with one attached hydrogen (secondary N) is 1. The van der Waals surface area contributed by atoms with E-state index >= 15 is 0 Å². The van der Waals surface area contributed by atoms with Crippen LogP contribution in [0.15, 0.2) is 47.3 Å². The minimum atomic E-state index is -0.0332. The zero-order valence-electron chi connectivity index (χ0n) is 16.8. The van der Waals surface area contributed by atoms with E-state index < -0.39 is 0 Å². The maximum atomic E-state index is 12.6. The van der Waals surface area contributed by atoms with Crippen LogP contribution in [0.5, 0.6) is 0 Å². The molecule has 0 unspecified atom stereocenters. The van der Waals surface area contributed by atoms with Gasteiger partial charge < -0.3 is 14.6 Å². The molecule has 2 saturated heterocycles. The Morgan fingerprint density at radius 3 is 2.31 bits per heavy atom. The number of carbonyl (C=O) groups excluding carboxylic acids is 2. The molecule has 4 rings (SSSR count). The maximum absolute atomic E-state index is 12.6. The van der Waals surface area contributed by atoms with Crippen molar-refractivity contribution in [3.05, 3.63) is 59.5 Å². The fourth-order valence-electron chi connectivity index (χ4n) is 4.20. The Morgan fingerprint density at radius 2 is 1.66 bits per heavy atom. The van der Waals surface area contributed by atoms with Crippen LogP contribution in [0.3, 0.4) is 0 Å². The van der Waals surface area contributed by atoms with Crippen molar-refractivity contribution in [2.45, 2.75) is 44.7 Å². The summed E-state index contributed by atoms with van der Waals surface area (Å²) < 4.78 is 4.99. The third-order valence-corrected chi connectivity index (χ3v) is 5.96. The Kier molecular flexibility index (Phi) is 6.30. The number of hydrogen-bond acceptors (Lipinski definition) is 4. The molecular weight excluding hydrogens is 366 g/mol. The molecule has 0 radical (unpaired) electrons. The van der Waals surface area contributed by atoms with Gasteiger partial charge in [0.2, 0.25) is 0 Å². The van der Waals surface area contributed by atoms with Gasteiger partial charge in [-0.05, 0) is 62.5 Å². The second-order valence-corrected chi connectivity index (χ2v) is 8.09. The Bertz CT molecular complexity index is 802. The zero-order valence-corrected chi connectivity index (χ0v) is 16.8. The number of piperidine rings is 2. The molecule has 6 heteroatoms. The monoisotopic (exact) mass is 395 g/mol. The van der Waals surface area contributed by atoms with Crippen LogP contribution in [0.25, 0.3) is 0 Å². The van der Waals surface area contributed by atoms with Crippen molar-refractivity contribution < 1.29 is 14.0 Å². The predicted octanol–water partition coefficient (Wildman–Crippen LogP) is 3.30. The number of hydrogen-bond donors (Lipinski definition) is 1. The standard InChI is InChI=1S/C23H29N3O3/c27-22(19-6-4-18(5-7-19)16-25-11-2-1-3-12-25)24-21-8-13-26(14-9-21)23(28)20-10-15-29-17-20/h4-7,10,15,17,21H,1-3,8-9,11-14,16H2,(H,24,27). The normalized spacial score (nSPS) is 18.6. The van der Waals surface area contributed by atoms with E-state index in [0.717, 1.165) is 19.4 Å². The van der Waals surface area contributed by atoms with E-state index in [2.05, 4.69) is 22.3 Å². The van der Waals surface area contributed by atoms with Crippen LogP contribution in [-0.4, -0.2) is 53.8 Å². The minimum Gasteiger partial charge on any atom is -0.472 e. The molecule has 2 aliphatic heterocycles. The predicted molar refractivity (Wildman–Crippen MR) is 111 cm³/mol. The lowest BCUT2D eigenvalue weighted by molar-refractivity contribution is 0.0697. The van der Waals surface area contributed by atoms with E-state index in [0.29, 0.717) is 24.2 Å². The van der Waals surface area contributed by atoms with Gasteiger partial charge in [0.05, 0.1) is 11.8 Å². The highest BCUT2D eigenvalue weighted by molar-refractivity contribution is 5.95. The van der Waals surface area contributed by atoms with E-state index in [1.54, 1.807) is 6.07 Å². The molecular formula is C23H29N3O3. The molecule has 154 valence electrons. The lowest BCUT2D eigenvalue weighted by atomic mass is 10.0. The SMILES string of the molecule is O=C(NC1CCN(C(=O)c2ccoc2)CC1)c1ccc(CN2CCCCC2)cc1. The second kappa shape index (κ2) is 9.27. The van der Waals surface area contributed by atoms with Crippen molar-refractivity contribution >= 4 is 11.8 Å². The number of nitrogens with zero attached hydrogens (tertiary/aromatic N) is 2. The van der Waals surface area contributed by atoms with E-state index in [4.69, 9.17) is 4.42 Å². The topological polar surface area (TPSA) is 65.8 Å². The summed E-state index contributed by atoms with van der Waals surface area (Å²) in [6, 6.07) is 9.76. The maximum Gasteiger partial charge on any atom is 0.257 e. The Labute approximate surface area is 171 Å². The zero-order chi connectivity index (χ0) is 20.1. The fourth-order valence-corrected chi connectivity index (χ4v) is 4.20. The first-order valence-electron chi connectivity index (χ1n) is 10.6. The van der Waals surface area contributed by atoms with Gasteiger partial charge in [-0.3, -0.25) is 14.5 Å². The molecule has 6 nitrogen and oxygen atoms in total. The summed E-state index contributed by atoms with van der Waals surface area (Å²) in [6.45, 7) is 4.59. The van der Waals surface area contributed by atoms with Gasteiger partial charge >= 0.3 is 0 Å². The Balaban J connectivity index is 1.25. The van der Waals surface area contributed by atoms with Crippen molar-refractivity contribution in [2.24, 2.45) is 0 Å². The minimum absolute atomic E-state index is 0.00665. The average molecular weight is 396 g/mol. The van der Waals surface area contributed by atoms with Gasteiger partial charge in [-0.1, -0.05) is 18.6 Å². The Morgan fingerprint density at radius 1 is 0.931 bits per heavy atom. The second-order valence-electron chi connectivity index (χ2n) is 8.09. The smallest absolute Gasteiger partial charge is 0.257 e. The van der Waals surface area contributed by atoms with E-state index in [1.807, 2.05) is 17.0 Å². The van der Waals surface area contributed by atoms with Gasteiger partial charge in [0, 0.05) is 31.2 Å². The van der Waals surface area contributed by atoms with Crippen LogP contribution >= 0.6 is 0 Å². The lowest BCUT2D eigenvalue weighted by Gasteiger charge is -2.32.